The van der Waals surface area contributed by atoms with Crippen LogP contribution < -0.4 is 15.1 Å². The highest BCUT2D eigenvalue weighted by Crippen LogP contribution is 2.24. The van der Waals surface area contributed by atoms with Crippen LogP contribution in [0.2, 0.25) is 0 Å². The molecule has 0 aliphatic heterocycles. The second-order valence-electron chi connectivity index (χ2n) is 6.27. The molecule has 1 amide bonds. The van der Waals surface area contributed by atoms with Crippen molar-refractivity contribution in [3.63, 3.8) is 0 Å². The summed E-state index contributed by atoms with van der Waals surface area (Å²) in [6, 6.07) is 13.4. The molecule has 0 aliphatic carbocycles. The van der Waals surface area contributed by atoms with E-state index in [0.29, 0.717) is 11.3 Å². The Morgan fingerprint density at radius 3 is 2.44 bits per heavy atom. The van der Waals surface area contributed by atoms with Crippen molar-refractivity contribution in [2.75, 3.05) is 18.0 Å². The molecule has 0 bridgehead atoms. The molecule has 0 heterocycles. The second kappa shape index (κ2) is 10.1. The van der Waals surface area contributed by atoms with Crippen LogP contribution in [0.4, 0.5) is 5.69 Å². The summed E-state index contributed by atoms with van der Waals surface area (Å²) >= 11 is 3.39. The van der Waals surface area contributed by atoms with Crippen molar-refractivity contribution in [3.8, 4) is 5.75 Å². The molecule has 2 rings (SSSR count). The molecule has 2 aromatic carbocycles. The van der Waals surface area contributed by atoms with Gasteiger partial charge in [-0.1, -0.05) is 28.1 Å². The van der Waals surface area contributed by atoms with Gasteiger partial charge in [0.15, 0.2) is 0 Å². The highest BCUT2D eigenvalue weighted by molar-refractivity contribution is 9.10. The quantitative estimate of drug-likeness (QED) is 0.480. The van der Waals surface area contributed by atoms with Crippen LogP contribution in [0.1, 0.15) is 43.6 Å². The number of hydrogen-bond donors (Lipinski definition) is 1. The lowest BCUT2D eigenvalue weighted by molar-refractivity contribution is 0.0949. The van der Waals surface area contributed by atoms with E-state index in [2.05, 4.69) is 57.3 Å². The fraction of sp³-hybridized carbons (Fsp3) is 0.333. The Balaban J connectivity index is 2.06. The molecule has 0 atom stereocenters. The molecule has 1 N–H and O–H groups in total. The predicted molar refractivity (Wildman–Crippen MR) is 115 cm³/mol. The lowest BCUT2D eigenvalue weighted by Crippen LogP contribution is -2.21. The maximum Gasteiger partial charge on any atom is 0.275 e. The van der Waals surface area contributed by atoms with Gasteiger partial charge in [0.25, 0.3) is 5.91 Å². The molecule has 27 heavy (non-hydrogen) atoms. The van der Waals surface area contributed by atoms with Crippen LogP contribution in [0.15, 0.2) is 52.0 Å². The van der Waals surface area contributed by atoms with E-state index in [4.69, 9.17) is 4.74 Å². The third kappa shape index (κ3) is 6.10. The number of benzene rings is 2. The first-order valence-corrected chi connectivity index (χ1v) is 9.88. The molecule has 0 aliphatic rings. The topological polar surface area (TPSA) is 53.9 Å². The van der Waals surface area contributed by atoms with Gasteiger partial charge >= 0.3 is 0 Å². The zero-order valence-corrected chi connectivity index (χ0v) is 17.8. The Labute approximate surface area is 169 Å². The van der Waals surface area contributed by atoms with Gasteiger partial charge in [0.2, 0.25) is 0 Å². The fourth-order valence-electron chi connectivity index (χ4n) is 2.62. The number of nitrogens with one attached hydrogen (secondary N) is 1. The van der Waals surface area contributed by atoms with Gasteiger partial charge in [-0.15, -0.1) is 0 Å². The SMILES string of the molecule is CCN(CC)c1ccc(/C=N\NC(=O)c2cc(Br)ccc2OC(C)C)cc1. The van der Waals surface area contributed by atoms with E-state index in [-0.39, 0.29) is 12.0 Å². The van der Waals surface area contributed by atoms with Crippen LogP contribution in [-0.4, -0.2) is 31.3 Å². The lowest BCUT2D eigenvalue weighted by Gasteiger charge is -2.20. The first-order valence-electron chi connectivity index (χ1n) is 9.09. The molecule has 144 valence electrons. The van der Waals surface area contributed by atoms with E-state index in [9.17, 15) is 4.79 Å². The Hall–Kier alpha value is -2.34. The van der Waals surface area contributed by atoms with Crippen molar-refractivity contribution in [2.45, 2.75) is 33.8 Å². The van der Waals surface area contributed by atoms with Gasteiger partial charge in [-0.25, -0.2) is 5.43 Å². The minimum Gasteiger partial charge on any atom is -0.490 e. The first kappa shape index (κ1) is 21.0. The van der Waals surface area contributed by atoms with Crippen molar-refractivity contribution in [1.82, 2.24) is 5.43 Å². The van der Waals surface area contributed by atoms with Crippen LogP contribution in [0.3, 0.4) is 0 Å². The smallest absolute Gasteiger partial charge is 0.275 e. The monoisotopic (exact) mass is 431 g/mol. The Morgan fingerprint density at radius 2 is 1.85 bits per heavy atom. The van der Waals surface area contributed by atoms with E-state index < -0.39 is 0 Å². The van der Waals surface area contributed by atoms with Crippen molar-refractivity contribution < 1.29 is 9.53 Å². The number of anilines is 1. The van der Waals surface area contributed by atoms with Gasteiger partial charge in [-0.3, -0.25) is 4.79 Å². The maximum atomic E-state index is 12.5. The van der Waals surface area contributed by atoms with Crippen LogP contribution >= 0.6 is 15.9 Å². The number of ether oxygens (including phenoxy) is 1. The highest BCUT2D eigenvalue weighted by atomic mass is 79.9. The highest BCUT2D eigenvalue weighted by Gasteiger charge is 2.14. The van der Waals surface area contributed by atoms with Gasteiger partial charge < -0.3 is 9.64 Å². The second-order valence-corrected chi connectivity index (χ2v) is 7.19. The minimum absolute atomic E-state index is 0.0226. The predicted octanol–water partition coefficient (Wildman–Crippen LogP) is 4.85. The third-order valence-electron chi connectivity index (χ3n) is 3.95. The molecular weight excluding hydrogens is 406 g/mol. The maximum absolute atomic E-state index is 12.5. The molecule has 6 heteroatoms. The summed E-state index contributed by atoms with van der Waals surface area (Å²) in [5.74, 6) is 0.215. The number of hydrogen-bond acceptors (Lipinski definition) is 4. The average molecular weight is 432 g/mol. The minimum atomic E-state index is -0.317. The van der Waals surface area contributed by atoms with Crippen LogP contribution in [0, 0.1) is 0 Å². The van der Waals surface area contributed by atoms with E-state index >= 15 is 0 Å². The normalized spacial score (nSPS) is 11.0. The van der Waals surface area contributed by atoms with E-state index in [0.717, 1.165) is 23.1 Å². The summed E-state index contributed by atoms with van der Waals surface area (Å²) in [7, 11) is 0. The molecule has 5 nitrogen and oxygen atoms in total. The standard InChI is InChI=1S/C21H26BrN3O2/c1-5-25(6-2)18-10-7-16(8-11-18)14-23-24-21(26)19-13-17(22)9-12-20(19)27-15(3)4/h7-15H,5-6H2,1-4H3,(H,24,26)/b23-14-. The molecule has 0 radical (unpaired) electrons. The summed E-state index contributed by atoms with van der Waals surface area (Å²) in [6.45, 7) is 10.0. The Bertz CT molecular complexity index is 785. The van der Waals surface area contributed by atoms with Crippen molar-refractivity contribution in [3.05, 3.63) is 58.1 Å². The van der Waals surface area contributed by atoms with Crippen molar-refractivity contribution in [2.24, 2.45) is 5.10 Å². The van der Waals surface area contributed by atoms with Gasteiger partial charge in [-0.05, 0) is 63.6 Å². The zero-order valence-electron chi connectivity index (χ0n) is 16.2. The van der Waals surface area contributed by atoms with Gasteiger partial charge in [0.05, 0.1) is 17.9 Å². The molecule has 2 aromatic rings. The number of nitrogens with zero attached hydrogens (tertiary/aromatic N) is 2. The first-order chi connectivity index (χ1) is 12.9. The zero-order chi connectivity index (χ0) is 19.8. The van der Waals surface area contributed by atoms with Gasteiger partial charge in [0.1, 0.15) is 5.75 Å². The van der Waals surface area contributed by atoms with Gasteiger partial charge in [0, 0.05) is 23.2 Å². The van der Waals surface area contributed by atoms with Crippen LogP contribution in [-0.2, 0) is 0 Å². The van der Waals surface area contributed by atoms with Crippen molar-refractivity contribution >= 4 is 33.7 Å². The fourth-order valence-corrected chi connectivity index (χ4v) is 2.98. The summed E-state index contributed by atoms with van der Waals surface area (Å²) in [4.78, 5) is 14.7. The van der Waals surface area contributed by atoms with Crippen molar-refractivity contribution in [1.29, 1.82) is 0 Å². The number of carbonyl (C=O) groups is 1. The molecular formula is C21H26BrN3O2. The summed E-state index contributed by atoms with van der Waals surface area (Å²) < 4.78 is 6.51. The number of halogens is 1. The average Bonchev–Trinajstić information content (AvgIpc) is 2.65. The Kier molecular flexibility index (Phi) is 7.85. The molecule has 0 spiro atoms. The van der Waals surface area contributed by atoms with Gasteiger partial charge in [-0.2, -0.15) is 5.10 Å². The Morgan fingerprint density at radius 1 is 1.19 bits per heavy atom. The molecule has 0 saturated heterocycles. The van der Waals surface area contributed by atoms with Crippen LogP contribution in [0.5, 0.6) is 5.75 Å². The summed E-state index contributed by atoms with van der Waals surface area (Å²) in [5.41, 5.74) is 5.09. The molecule has 0 fully saturated rings. The summed E-state index contributed by atoms with van der Waals surface area (Å²) in [6.07, 6.45) is 1.61. The number of amides is 1. The van der Waals surface area contributed by atoms with E-state index in [1.165, 1.54) is 5.69 Å². The number of rotatable bonds is 8. The largest absolute Gasteiger partial charge is 0.490 e. The third-order valence-corrected chi connectivity index (χ3v) is 4.44. The van der Waals surface area contributed by atoms with Crippen LogP contribution in [0.25, 0.3) is 0 Å². The molecule has 0 saturated carbocycles. The van der Waals surface area contributed by atoms with E-state index in [1.54, 1.807) is 18.3 Å². The molecule has 0 aromatic heterocycles. The van der Waals surface area contributed by atoms with E-state index in [1.807, 2.05) is 32.0 Å². The summed E-state index contributed by atoms with van der Waals surface area (Å²) in [5, 5.41) is 4.07. The lowest BCUT2D eigenvalue weighted by atomic mass is 10.2. The number of carbonyl (C=O) groups excluding carboxylic acids is 1. The number of hydrazone groups is 1. The molecule has 0 unspecified atom stereocenters.